The Bertz CT molecular complexity index is 459. The van der Waals surface area contributed by atoms with Gasteiger partial charge in [0.2, 0.25) is 0 Å². The van der Waals surface area contributed by atoms with Crippen molar-refractivity contribution in [1.82, 2.24) is 5.32 Å². The normalized spacial score (nSPS) is 21.1. The van der Waals surface area contributed by atoms with Gasteiger partial charge in [-0.05, 0) is 69.8 Å². The second-order valence-electron chi connectivity index (χ2n) is 5.92. The van der Waals surface area contributed by atoms with Gasteiger partial charge in [-0.25, -0.2) is 4.39 Å². The summed E-state index contributed by atoms with van der Waals surface area (Å²) in [7, 11) is 1.93. The number of aryl methyl sites for hydroxylation is 1. The predicted molar refractivity (Wildman–Crippen MR) is 83.9 cm³/mol. The molecule has 0 aliphatic carbocycles. The Morgan fingerprint density at radius 3 is 2.80 bits per heavy atom. The third-order valence-corrected chi connectivity index (χ3v) is 4.62. The van der Waals surface area contributed by atoms with Crippen molar-refractivity contribution in [3.63, 3.8) is 0 Å². The summed E-state index contributed by atoms with van der Waals surface area (Å²) in [6.07, 6.45) is 4.95. The van der Waals surface area contributed by atoms with Gasteiger partial charge in [0.05, 0.1) is 0 Å². The largest absolute Gasteiger partial charge is 0.368 e. The van der Waals surface area contributed by atoms with Crippen molar-refractivity contribution in [2.45, 2.75) is 58.5 Å². The minimum absolute atomic E-state index is 0.101. The zero-order valence-electron chi connectivity index (χ0n) is 13.2. The SMILES string of the molecule is CCC1CCCCN1c1cc(C)c(F)cc1C(C)NC. The van der Waals surface area contributed by atoms with E-state index in [0.717, 1.165) is 24.1 Å². The number of benzene rings is 1. The molecule has 1 aliphatic rings. The summed E-state index contributed by atoms with van der Waals surface area (Å²) in [5, 5.41) is 3.25. The summed E-state index contributed by atoms with van der Waals surface area (Å²) in [6, 6.07) is 4.51. The highest BCUT2D eigenvalue weighted by Gasteiger charge is 2.25. The number of nitrogens with one attached hydrogen (secondary N) is 1. The molecule has 2 unspecified atom stereocenters. The fourth-order valence-corrected chi connectivity index (χ4v) is 3.17. The van der Waals surface area contributed by atoms with Crippen LogP contribution in [0, 0.1) is 12.7 Å². The number of anilines is 1. The van der Waals surface area contributed by atoms with Gasteiger partial charge in [-0.15, -0.1) is 0 Å². The number of nitrogens with zero attached hydrogens (tertiary/aromatic N) is 1. The molecule has 0 radical (unpaired) electrons. The average molecular weight is 278 g/mol. The summed E-state index contributed by atoms with van der Waals surface area (Å²) in [5.41, 5.74) is 3.04. The van der Waals surface area contributed by atoms with Crippen LogP contribution in [0.15, 0.2) is 12.1 Å². The van der Waals surface area contributed by atoms with Crippen molar-refractivity contribution in [3.8, 4) is 0 Å². The third kappa shape index (κ3) is 2.98. The molecular weight excluding hydrogens is 251 g/mol. The van der Waals surface area contributed by atoms with E-state index in [0.29, 0.717) is 6.04 Å². The first-order valence-corrected chi connectivity index (χ1v) is 7.82. The number of hydrogen-bond donors (Lipinski definition) is 1. The highest BCUT2D eigenvalue weighted by molar-refractivity contribution is 5.58. The van der Waals surface area contributed by atoms with Crippen LogP contribution < -0.4 is 10.2 Å². The molecule has 1 saturated heterocycles. The maximum absolute atomic E-state index is 14.0. The first kappa shape index (κ1) is 15.3. The van der Waals surface area contributed by atoms with Crippen LogP contribution in [0.25, 0.3) is 0 Å². The molecule has 1 N–H and O–H groups in total. The highest BCUT2D eigenvalue weighted by Crippen LogP contribution is 2.34. The monoisotopic (exact) mass is 278 g/mol. The third-order valence-electron chi connectivity index (χ3n) is 4.62. The molecule has 0 amide bonds. The number of halogens is 1. The zero-order valence-corrected chi connectivity index (χ0v) is 13.2. The lowest BCUT2D eigenvalue weighted by atomic mass is 9.95. The van der Waals surface area contributed by atoms with Gasteiger partial charge in [0, 0.05) is 24.3 Å². The molecule has 2 nitrogen and oxygen atoms in total. The molecule has 112 valence electrons. The van der Waals surface area contributed by atoms with Gasteiger partial charge in [0.1, 0.15) is 5.82 Å². The van der Waals surface area contributed by atoms with E-state index in [1.807, 2.05) is 20.0 Å². The van der Waals surface area contributed by atoms with E-state index in [9.17, 15) is 4.39 Å². The van der Waals surface area contributed by atoms with Crippen LogP contribution in [0.3, 0.4) is 0 Å². The van der Waals surface area contributed by atoms with Gasteiger partial charge in [-0.3, -0.25) is 0 Å². The van der Waals surface area contributed by atoms with E-state index >= 15 is 0 Å². The van der Waals surface area contributed by atoms with Crippen molar-refractivity contribution in [3.05, 3.63) is 29.1 Å². The lowest BCUT2D eigenvalue weighted by Gasteiger charge is -2.39. The molecule has 20 heavy (non-hydrogen) atoms. The van der Waals surface area contributed by atoms with E-state index < -0.39 is 0 Å². The molecular formula is C17H27FN2. The minimum atomic E-state index is -0.101. The molecule has 0 saturated carbocycles. The van der Waals surface area contributed by atoms with Crippen molar-refractivity contribution in [2.75, 3.05) is 18.5 Å². The van der Waals surface area contributed by atoms with E-state index in [1.54, 1.807) is 6.07 Å². The average Bonchev–Trinajstić information content (AvgIpc) is 2.48. The maximum Gasteiger partial charge on any atom is 0.126 e. The lowest BCUT2D eigenvalue weighted by Crippen LogP contribution is -2.40. The van der Waals surface area contributed by atoms with Crippen LogP contribution >= 0.6 is 0 Å². The molecule has 2 atom stereocenters. The molecule has 1 aromatic carbocycles. The Morgan fingerprint density at radius 2 is 2.15 bits per heavy atom. The van der Waals surface area contributed by atoms with E-state index in [4.69, 9.17) is 0 Å². The van der Waals surface area contributed by atoms with Crippen molar-refractivity contribution in [1.29, 1.82) is 0 Å². The minimum Gasteiger partial charge on any atom is -0.368 e. The van der Waals surface area contributed by atoms with E-state index in [2.05, 4.69) is 24.1 Å². The summed E-state index contributed by atoms with van der Waals surface area (Å²) >= 11 is 0. The molecule has 2 rings (SSSR count). The molecule has 0 spiro atoms. The smallest absolute Gasteiger partial charge is 0.126 e. The van der Waals surface area contributed by atoms with Gasteiger partial charge in [-0.1, -0.05) is 6.92 Å². The van der Waals surface area contributed by atoms with E-state index in [1.165, 1.54) is 24.9 Å². The highest BCUT2D eigenvalue weighted by atomic mass is 19.1. The molecule has 1 heterocycles. The van der Waals surface area contributed by atoms with Crippen LogP contribution in [-0.4, -0.2) is 19.6 Å². The Hall–Kier alpha value is -1.09. The van der Waals surface area contributed by atoms with Crippen LogP contribution in [0.4, 0.5) is 10.1 Å². The summed E-state index contributed by atoms with van der Waals surface area (Å²) in [6.45, 7) is 7.30. The molecule has 1 aromatic rings. The Kier molecular flexibility index (Phi) is 5.03. The molecule has 1 aliphatic heterocycles. The Labute approximate surface area is 122 Å². The summed E-state index contributed by atoms with van der Waals surface area (Å²) in [5.74, 6) is -0.101. The summed E-state index contributed by atoms with van der Waals surface area (Å²) in [4.78, 5) is 2.50. The quantitative estimate of drug-likeness (QED) is 0.888. The second kappa shape index (κ2) is 6.57. The van der Waals surface area contributed by atoms with Crippen LogP contribution in [0.1, 0.15) is 56.7 Å². The number of piperidine rings is 1. The van der Waals surface area contributed by atoms with Crippen LogP contribution in [0.5, 0.6) is 0 Å². The second-order valence-corrected chi connectivity index (χ2v) is 5.92. The van der Waals surface area contributed by atoms with Gasteiger partial charge in [0.15, 0.2) is 0 Å². The topological polar surface area (TPSA) is 15.3 Å². The first-order chi connectivity index (χ1) is 9.58. The zero-order chi connectivity index (χ0) is 14.7. The standard InChI is InChI=1S/C17H27FN2/c1-5-14-8-6-7-9-20(14)17-10-12(2)16(18)11-15(17)13(3)19-4/h10-11,13-14,19H,5-9H2,1-4H3. The van der Waals surface area contributed by atoms with Crippen LogP contribution in [-0.2, 0) is 0 Å². The van der Waals surface area contributed by atoms with Gasteiger partial charge < -0.3 is 10.2 Å². The Balaban J connectivity index is 2.44. The fourth-order valence-electron chi connectivity index (χ4n) is 3.17. The molecule has 0 aromatic heterocycles. The van der Waals surface area contributed by atoms with Crippen molar-refractivity contribution in [2.24, 2.45) is 0 Å². The van der Waals surface area contributed by atoms with Crippen LogP contribution in [0.2, 0.25) is 0 Å². The first-order valence-electron chi connectivity index (χ1n) is 7.82. The number of rotatable bonds is 4. The van der Waals surface area contributed by atoms with Gasteiger partial charge >= 0.3 is 0 Å². The molecule has 1 fully saturated rings. The fraction of sp³-hybridized carbons (Fsp3) is 0.647. The van der Waals surface area contributed by atoms with Crippen molar-refractivity contribution >= 4 is 5.69 Å². The van der Waals surface area contributed by atoms with Crippen molar-refractivity contribution < 1.29 is 4.39 Å². The van der Waals surface area contributed by atoms with Gasteiger partial charge in [-0.2, -0.15) is 0 Å². The van der Waals surface area contributed by atoms with E-state index in [-0.39, 0.29) is 11.9 Å². The predicted octanol–water partition coefficient (Wildman–Crippen LogP) is 4.18. The Morgan fingerprint density at radius 1 is 1.40 bits per heavy atom. The summed E-state index contributed by atoms with van der Waals surface area (Å²) < 4.78 is 14.0. The van der Waals surface area contributed by atoms with Gasteiger partial charge in [0.25, 0.3) is 0 Å². The number of hydrogen-bond acceptors (Lipinski definition) is 2. The molecule has 0 bridgehead atoms. The maximum atomic E-state index is 14.0. The molecule has 3 heteroatoms. The lowest BCUT2D eigenvalue weighted by molar-refractivity contribution is 0.447.